The van der Waals surface area contributed by atoms with Crippen molar-refractivity contribution in [3.05, 3.63) is 77.1 Å². The summed E-state index contributed by atoms with van der Waals surface area (Å²) in [6.45, 7) is -0.652. The largest absolute Gasteiger partial charge is 0.435 e. The van der Waals surface area contributed by atoms with Crippen LogP contribution in [-0.4, -0.2) is 6.61 Å². The molecule has 0 fully saturated rings. The monoisotopic (exact) mass is 424 g/mol. The van der Waals surface area contributed by atoms with Crippen LogP contribution in [-0.2, 0) is 19.3 Å². The average molecular weight is 425 g/mol. The zero-order chi connectivity index (χ0) is 21.8. The normalized spacial score (nSPS) is 12.5. The lowest BCUT2D eigenvalue weighted by atomic mass is 9.83. The molecule has 0 radical (unpaired) electrons. The third kappa shape index (κ3) is 4.95. The summed E-state index contributed by atoms with van der Waals surface area (Å²) in [5.41, 5.74) is 6.98. The molecular formula is C27H27F3O. The van der Waals surface area contributed by atoms with E-state index in [9.17, 15) is 8.78 Å². The molecule has 0 spiro atoms. The van der Waals surface area contributed by atoms with Crippen molar-refractivity contribution in [2.75, 3.05) is 0 Å². The van der Waals surface area contributed by atoms with Crippen LogP contribution in [0.1, 0.15) is 49.3 Å². The second-order valence-electron chi connectivity index (χ2n) is 8.19. The summed E-state index contributed by atoms with van der Waals surface area (Å²) < 4.78 is 44.1. The minimum atomic E-state index is -2.87. The molecule has 0 amide bonds. The van der Waals surface area contributed by atoms with Crippen LogP contribution in [0.15, 0.2) is 54.6 Å². The molecule has 0 aliphatic heterocycles. The number of benzene rings is 3. The highest BCUT2D eigenvalue weighted by molar-refractivity contribution is 5.78. The van der Waals surface area contributed by atoms with Gasteiger partial charge in [0, 0.05) is 5.56 Å². The minimum absolute atomic E-state index is 0.0662. The summed E-state index contributed by atoms with van der Waals surface area (Å²) in [7, 11) is 0. The molecule has 31 heavy (non-hydrogen) atoms. The van der Waals surface area contributed by atoms with E-state index in [1.165, 1.54) is 48.9 Å². The molecular weight excluding hydrogens is 397 g/mol. The predicted octanol–water partition coefficient (Wildman–Crippen LogP) is 7.98. The van der Waals surface area contributed by atoms with Crippen molar-refractivity contribution < 1.29 is 17.9 Å². The van der Waals surface area contributed by atoms with Crippen molar-refractivity contribution in [3.8, 4) is 28.0 Å². The van der Waals surface area contributed by atoms with E-state index >= 15 is 4.39 Å². The quantitative estimate of drug-likeness (QED) is 0.333. The number of alkyl halides is 2. The van der Waals surface area contributed by atoms with E-state index in [0.29, 0.717) is 11.1 Å². The van der Waals surface area contributed by atoms with E-state index in [-0.39, 0.29) is 11.6 Å². The van der Waals surface area contributed by atoms with E-state index in [2.05, 4.69) is 29.9 Å². The van der Waals surface area contributed by atoms with Gasteiger partial charge in [0.1, 0.15) is 11.6 Å². The van der Waals surface area contributed by atoms with Crippen molar-refractivity contribution in [2.24, 2.45) is 0 Å². The molecule has 0 saturated carbocycles. The average Bonchev–Trinajstić information content (AvgIpc) is 2.76. The maximum absolute atomic E-state index is 15.0. The van der Waals surface area contributed by atoms with Crippen LogP contribution in [0.2, 0.25) is 0 Å². The molecule has 0 saturated heterocycles. The number of halogens is 3. The number of ether oxygens (including phenoxy) is 1. The third-order valence-corrected chi connectivity index (χ3v) is 6.03. The smallest absolute Gasteiger partial charge is 0.387 e. The molecule has 4 rings (SSSR count). The minimum Gasteiger partial charge on any atom is -0.435 e. The molecule has 1 nitrogen and oxygen atoms in total. The molecule has 0 unspecified atom stereocenters. The van der Waals surface area contributed by atoms with Gasteiger partial charge in [-0.1, -0.05) is 56.5 Å². The fraction of sp³-hybridized carbons (Fsp3) is 0.333. The first kappa shape index (κ1) is 21.5. The molecule has 162 valence electrons. The number of rotatable bonds is 8. The number of fused-ring (bicyclic) bond motifs is 3. The molecule has 0 N–H and O–H groups in total. The lowest BCUT2D eigenvalue weighted by Crippen LogP contribution is -2.06. The molecule has 0 bridgehead atoms. The first-order valence-corrected chi connectivity index (χ1v) is 11.0. The van der Waals surface area contributed by atoms with Crippen molar-refractivity contribution in [3.63, 3.8) is 0 Å². The van der Waals surface area contributed by atoms with Gasteiger partial charge in [-0.2, -0.15) is 8.78 Å². The number of unbranched alkanes of at least 4 members (excludes halogenated alkanes) is 3. The molecule has 1 aliphatic rings. The third-order valence-electron chi connectivity index (χ3n) is 6.03. The second-order valence-corrected chi connectivity index (χ2v) is 8.19. The Hall–Kier alpha value is -2.75. The highest BCUT2D eigenvalue weighted by Crippen LogP contribution is 2.38. The fourth-order valence-electron chi connectivity index (χ4n) is 4.41. The predicted molar refractivity (Wildman–Crippen MR) is 119 cm³/mol. The summed E-state index contributed by atoms with van der Waals surface area (Å²) >= 11 is 0. The van der Waals surface area contributed by atoms with Crippen molar-refractivity contribution >= 4 is 0 Å². The van der Waals surface area contributed by atoms with E-state index in [0.717, 1.165) is 36.0 Å². The Morgan fingerprint density at radius 3 is 2.26 bits per heavy atom. The van der Waals surface area contributed by atoms with Gasteiger partial charge in [0.15, 0.2) is 0 Å². The van der Waals surface area contributed by atoms with Crippen LogP contribution in [0.3, 0.4) is 0 Å². The Morgan fingerprint density at radius 2 is 1.55 bits per heavy atom. The van der Waals surface area contributed by atoms with Gasteiger partial charge in [0.25, 0.3) is 0 Å². The zero-order valence-corrected chi connectivity index (χ0v) is 17.8. The van der Waals surface area contributed by atoms with E-state index in [1.54, 1.807) is 18.2 Å². The van der Waals surface area contributed by atoms with Gasteiger partial charge in [-0.05, 0) is 83.3 Å². The summed E-state index contributed by atoms with van der Waals surface area (Å²) in [5.74, 6) is -0.241. The SMILES string of the molecule is CCCCCCc1ccc2c(c1)CCc1cc(-c3ccc(OC(F)F)cc3)c(F)cc1-2. The maximum Gasteiger partial charge on any atom is 0.387 e. The lowest BCUT2D eigenvalue weighted by Gasteiger charge is -2.22. The fourth-order valence-corrected chi connectivity index (χ4v) is 4.41. The summed E-state index contributed by atoms with van der Waals surface area (Å²) in [6.07, 6.45) is 7.89. The maximum atomic E-state index is 15.0. The molecule has 3 aromatic rings. The van der Waals surface area contributed by atoms with Crippen LogP contribution in [0.5, 0.6) is 5.75 Å². The van der Waals surface area contributed by atoms with Crippen LogP contribution in [0.4, 0.5) is 13.2 Å². The van der Waals surface area contributed by atoms with Crippen LogP contribution in [0.25, 0.3) is 22.3 Å². The molecule has 0 aromatic heterocycles. The van der Waals surface area contributed by atoms with Crippen molar-refractivity contribution in [1.29, 1.82) is 0 Å². The molecule has 4 heteroatoms. The van der Waals surface area contributed by atoms with Crippen molar-refractivity contribution in [1.82, 2.24) is 0 Å². The summed E-state index contributed by atoms with van der Waals surface area (Å²) in [4.78, 5) is 0. The standard InChI is InChI=1S/C27H27F3O/c1-2-3-4-5-6-18-7-14-23-20(15-18)8-9-21-16-25(26(28)17-24(21)23)19-10-12-22(13-11-19)31-27(29)30/h7,10-17,27H,2-6,8-9H2,1H3. The van der Waals surface area contributed by atoms with E-state index in [4.69, 9.17) is 0 Å². The Balaban J connectivity index is 1.57. The zero-order valence-electron chi connectivity index (χ0n) is 17.8. The molecule has 1 aliphatic carbocycles. The summed E-state index contributed by atoms with van der Waals surface area (Å²) in [5, 5.41) is 0. The molecule has 3 aromatic carbocycles. The van der Waals surface area contributed by atoms with Crippen LogP contribution in [0, 0.1) is 5.82 Å². The Kier molecular flexibility index (Phi) is 6.64. The number of hydrogen-bond acceptors (Lipinski definition) is 1. The lowest BCUT2D eigenvalue weighted by molar-refractivity contribution is -0.0498. The Bertz CT molecular complexity index is 1040. The van der Waals surface area contributed by atoms with Gasteiger partial charge in [-0.3, -0.25) is 0 Å². The molecule has 0 heterocycles. The highest BCUT2D eigenvalue weighted by atomic mass is 19.3. The van der Waals surface area contributed by atoms with E-state index in [1.807, 2.05) is 6.07 Å². The van der Waals surface area contributed by atoms with Gasteiger partial charge >= 0.3 is 6.61 Å². The van der Waals surface area contributed by atoms with Gasteiger partial charge < -0.3 is 4.74 Å². The number of aryl methyl sites for hydroxylation is 3. The molecule has 0 atom stereocenters. The van der Waals surface area contributed by atoms with Crippen LogP contribution >= 0.6 is 0 Å². The van der Waals surface area contributed by atoms with Gasteiger partial charge in [-0.25, -0.2) is 4.39 Å². The second kappa shape index (κ2) is 9.59. The first-order chi connectivity index (χ1) is 15.0. The number of hydrogen-bond donors (Lipinski definition) is 0. The Labute approximate surface area is 181 Å². The topological polar surface area (TPSA) is 9.23 Å². The van der Waals surface area contributed by atoms with Crippen molar-refractivity contribution in [2.45, 2.75) is 58.5 Å². The van der Waals surface area contributed by atoms with Crippen LogP contribution < -0.4 is 4.74 Å². The highest BCUT2D eigenvalue weighted by Gasteiger charge is 2.20. The van der Waals surface area contributed by atoms with Gasteiger partial charge in [-0.15, -0.1) is 0 Å². The van der Waals surface area contributed by atoms with E-state index < -0.39 is 6.61 Å². The summed E-state index contributed by atoms with van der Waals surface area (Å²) in [6, 6.07) is 16.2. The van der Waals surface area contributed by atoms with Gasteiger partial charge in [0.2, 0.25) is 0 Å². The van der Waals surface area contributed by atoms with Gasteiger partial charge in [0.05, 0.1) is 0 Å². The Morgan fingerprint density at radius 1 is 0.806 bits per heavy atom. The first-order valence-electron chi connectivity index (χ1n) is 11.0.